The number of rotatable bonds is 9. The largest absolute Gasteiger partial charge is 0.493 e. The van der Waals surface area contributed by atoms with Gasteiger partial charge in [-0.05, 0) is 42.3 Å². The highest BCUT2D eigenvalue weighted by Crippen LogP contribution is 2.40. The molecule has 9 nitrogen and oxygen atoms in total. The Morgan fingerprint density at radius 2 is 1.56 bits per heavy atom. The molecule has 36 heavy (non-hydrogen) atoms. The number of aryl methyl sites for hydroxylation is 1. The minimum atomic E-state index is -0.00983. The molecule has 1 fully saturated rings. The van der Waals surface area contributed by atoms with E-state index in [1.165, 1.54) is 0 Å². The average Bonchev–Trinajstić information content (AvgIpc) is 2.95. The Balaban J connectivity index is 1.36. The number of para-hydroxylation sites is 1. The molecule has 4 rings (SSSR count). The first-order chi connectivity index (χ1) is 17.6. The topological polar surface area (TPSA) is 86.3 Å². The second kappa shape index (κ2) is 11.6. The van der Waals surface area contributed by atoms with Crippen molar-refractivity contribution in [2.45, 2.75) is 13.3 Å². The van der Waals surface area contributed by atoms with Crippen molar-refractivity contribution in [1.82, 2.24) is 15.1 Å². The number of amides is 1. The molecule has 0 spiro atoms. The van der Waals surface area contributed by atoms with Crippen molar-refractivity contribution >= 4 is 11.7 Å². The van der Waals surface area contributed by atoms with Gasteiger partial charge in [-0.3, -0.25) is 4.79 Å². The highest BCUT2D eigenvalue weighted by Gasteiger charge is 2.23. The lowest BCUT2D eigenvalue weighted by Crippen LogP contribution is -2.50. The highest BCUT2D eigenvalue weighted by atomic mass is 16.5. The maximum atomic E-state index is 12.7. The van der Waals surface area contributed by atoms with Gasteiger partial charge in [0.2, 0.25) is 5.75 Å². The van der Waals surface area contributed by atoms with Gasteiger partial charge in [0, 0.05) is 31.7 Å². The molecule has 1 aromatic heterocycles. The number of methoxy groups -OCH3 is 3. The molecule has 0 bridgehead atoms. The number of hydrogen-bond acceptors (Lipinski definition) is 8. The first-order valence-corrected chi connectivity index (χ1v) is 12.0. The van der Waals surface area contributed by atoms with Crippen LogP contribution in [0.4, 0.5) is 5.82 Å². The summed E-state index contributed by atoms with van der Waals surface area (Å²) in [4.78, 5) is 16.7. The molecule has 0 N–H and O–H groups in total. The molecule has 1 aliphatic rings. The molecule has 9 heteroatoms. The zero-order valence-electron chi connectivity index (χ0n) is 21.2. The van der Waals surface area contributed by atoms with Crippen LogP contribution in [0, 0.1) is 0 Å². The summed E-state index contributed by atoms with van der Waals surface area (Å²) in [6.45, 7) is 4.68. The number of aromatic nitrogens is 2. The number of ether oxygens (including phenoxy) is 4. The summed E-state index contributed by atoms with van der Waals surface area (Å²) in [5.74, 6) is 3.17. The van der Waals surface area contributed by atoms with Crippen LogP contribution in [0.3, 0.4) is 0 Å². The summed E-state index contributed by atoms with van der Waals surface area (Å²) in [7, 11) is 4.73. The van der Waals surface area contributed by atoms with Crippen molar-refractivity contribution in [3.05, 3.63) is 54.1 Å². The van der Waals surface area contributed by atoms with E-state index in [0.29, 0.717) is 49.1 Å². The number of anilines is 1. The minimum absolute atomic E-state index is 0.00983. The normalized spacial score (nSPS) is 13.3. The van der Waals surface area contributed by atoms with E-state index in [-0.39, 0.29) is 12.5 Å². The van der Waals surface area contributed by atoms with Crippen LogP contribution in [0.25, 0.3) is 11.3 Å². The number of hydrogen-bond donors (Lipinski definition) is 0. The molecule has 1 amide bonds. The summed E-state index contributed by atoms with van der Waals surface area (Å²) < 4.78 is 22.1. The van der Waals surface area contributed by atoms with Crippen molar-refractivity contribution in [2.24, 2.45) is 0 Å². The fourth-order valence-electron chi connectivity index (χ4n) is 4.23. The molecule has 0 atom stereocenters. The molecule has 190 valence electrons. The molecular weight excluding hydrogens is 460 g/mol. The van der Waals surface area contributed by atoms with Crippen LogP contribution in [0.15, 0.2) is 48.5 Å². The second-order valence-electron chi connectivity index (χ2n) is 8.31. The lowest BCUT2D eigenvalue weighted by Gasteiger charge is -2.35. The number of nitrogens with zero attached hydrogens (tertiary/aromatic N) is 4. The van der Waals surface area contributed by atoms with Gasteiger partial charge in [0.25, 0.3) is 5.91 Å². The molecule has 0 unspecified atom stereocenters. The monoisotopic (exact) mass is 492 g/mol. The van der Waals surface area contributed by atoms with Gasteiger partial charge in [0.05, 0.1) is 27.0 Å². The van der Waals surface area contributed by atoms with Crippen LogP contribution < -0.4 is 23.8 Å². The minimum Gasteiger partial charge on any atom is -0.493 e. The van der Waals surface area contributed by atoms with Crippen LogP contribution in [-0.4, -0.2) is 75.1 Å². The van der Waals surface area contributed by atoms with Crippen molar-refractivity contribution in [3.8, 4) is 34.3 Å². The van der Waals surface area contributed by atoms with Gasteiger partial charge in [-0.15, -0.1) is 10.2 Å². The van der Waals surface area contributed by atoms with Crippen LogP contribution in [0.2, 0.25) is 0 Å². The third-order valence-electron chi connectivity index (χ3n) is 6.27. The Kier molecular flexibility index (Phi) is 8.10. The van der Waals surface area contributed by atoms with Crippen LogP contribution in [0.1, 0.15) is 12.5 Å². The van der Waals surface area contributed by atoms with Crippen molar-refractivity contribution in [2.75, 3.05) is 59.0 Å². The Morgan fingerprint density at radius 3 is 2.14 bits per heavy atom. The van der Waals surface area contributed by atoms with Crippen molar-refractivity contribution in [3.63, 3.8) is 0 Å². The predicted molar refractivity (Wildman–Crippen MR) is 137 cm³/mol. The van der Waals surface area contributed by atoms with Crippen LogP contribution >= 0.6 is 0 Å². The lowest BCUT2D eigenvalue weighted by atomic mass is 10.1. The molecule has 0 saturated carbocycles. The van der Waals surface area contributed by atoms with Gasteiger partial charge in [-0.2, -0.15) is 0 Å². The standard InChI is InChI=1S/C27H32N4O5/c1-5-19-8-6-7-9-22(19)36-18-26(32)31-14-12-30(13-15-31)25-11-10-21(28-29-25)20-16-23(33-2)27(35-4)24(17-20)34-3/h6-11,16-17H,5,12-15,18H2,1-4H3. The Labute approximate surface area is 211 Å². The molecule has 0 aliphatic carbocycles. The van der Waals surface area contributed by atoms with E-state index < -0.39 is 0 Å². The molecule has 2 heterocycles. The van der Waals surface area contributed by atoms with E-state index >= 15 is 0 Å². The van der Waals surface area contributed by atoms with E-state index in [9.17, 15) is 4.79 Å². The van der Waals surface area contributed by atoms with Crippen molar-refractivity contribution in [1.29, 1.82) is 0 Å². The fraction of sp³-hybridized carbons (Fsp3) is 0.370. The number of carbonyl (C=O) groups is 1. The first kappa shape index (κ1) is 25.1. The predicted octanol–water partition coefficient (Wildman–Crippen LogP) is 3.46. The van der Waals surface area contributed by atoms with E-state index in [1.807, 2.05) is 53.4 Å². The van der Waals surface area contributed by atoms with Gasteiger partial charge in [-0.25, -0.2) is 0 Å². The molecule has 0 radical (unpaired) electrons. The summed E-state index contributed by atoms with van der Waals surface area (Å²) in [5, 5.41) is 8.85. The Hall–Kier alpha value is -4.01. The first-order valence-electron chi connectivity index (χ1n) is 12.0. The molecule has 1 saturated heterocycles. The zero-order chi connectivity index (χ0) is 25.5. The third-order valence-corrected chi connectivity index (χ3v) is 6.27. The maximum Gasteiger partial charge on any atom is 0.260 e. The average molecular weight is 493 g/mol. The van der Waals surface area contributed by atoms with E-state index in [2.05, 4.69) is 22.0 Å². The summed E-state index contributed by atoms with van der Waals surface area (Å²) in [6, 6.07) is 15.4. The highest BCUT2D eigenvalue weighted by molar-refractivity contribution is 5.78. The van der Waals surface area contributed by atoms with Crippen LogP contribution in [-0.2, 0) is 11.2 Å². The quantitative estimate of drug-likeness (QED) is 0.449. The van der Waals surface area contributed by atoms with Gasteiger partial charge in [-0.1, -0.05) is 25.1 Å². The van der Waals surface area contributed by atoms with Gasteiger partial charge in [0.15, 0.2) is 23.9 Å². The zero-order valence-corrected chi connectivity index (χ0v) is 21.2. The summed E-state index contributed by atoms with van der Waals surface area (Å²) >= 11 is 0. The van der Waals surface area contributed by atoms with Crippen LogP contribution in [0.5, 0.6) is 23.0 Å². The fourth-order valence-corrected chi connectivity index (χ4v) is 4.23. The molecular formula is C27H32N4O5. The van der Waals surface area contributed by atoms with E-state index in [0.717, 1.165) is 29.1 Å². The van der Waals surface area contributed by atoms with Crippen molar-refractivity contribution < 1.29 is 23.7 Å². The number of piperazine rings is 1. The Bertz CT molecular complexity index is 1150. The van der Waals surface area contributed by atoms with Gasteiger partial charge < -0.3 is 28.7 Å². The SMILES string of the molecule is CCc1ccccc1OCC(=O)N1CCN(c2ccc(-c3cc(OC)c(OC)c(OC)c3)nn2)CC1. The van der Waals surface area contributed by atoms with E-state index in [1.54, 1.807) is 21.3 Å². The second-order valence-corrected chi connectivity index (χ2v) is 8.31. The maximum absolute atomic E-state index is 12.7. The third kappa shape index (κ3) is 5.45. The van der Waals surface area contributed by atoms with Gasteiger partial charge >= 0.3 is 0 Å². The smallest absolute Gasteiger partial charge is 0.260 e. The molecule has 3 aromatic rings. The van der Waals surface area contributed by atoms with E-state index in [4.69, 9.17) is 18.9 Å². The molecule has 2 aromatic carbocycles. The summed E-state index contributed by atoms with van der Waals surface area (Å²) in [6.07, 6.45) is 0.864. The Morgan fingerprint density at radius 1 is 0.861 bits per heavy atom. The van der Waals surface area contributed by atoms with Gasteiger partial charge in [0.1, 0.15) is 5.75 Å². The molecule has 1 aliphatic heterocycles. The lowest BCUT2D eigenvalue weighted by molar-refractivity contribution is -0.133. The number of benzene rings is 2. The summed E-state index contributed by atoms with van der Waals surface area (Å²) in [5.41, 5.74) is 2.60. The number of carbonyl (C=O) groups excluding carboxylic acids is 1.